The molecule has 3 aromatic rings. The topological polar surface area (TPSA) is 92.1 Å². The Bertz CT molecular complexity index is 1320. The molecule has 0 saturated carbocycles. The monoisotopic (exact) mass is 534 g/mol. The lowest BCUT2D eigenvalue weighted by Crippen LogP contribution is -2.42. The van der Waals surface area contributed by atoms with Gasteiger partial charge in [-0.05, 0) is 73.7 Å². The first kappa shape index (κ1) is 26.2. The maximum absolute atomic E-state index is 11.2. The highest BCUT2D eigenvalue weighted by Gasteiger charge is 2.33. The van der Waals surface area contributed by atoms with Gasteiger partial charge in [-0.3, -0.25) is 4.98 Å². The van der Waals surface area contributed by atoms with Crippen LogP contribution in [0.15, 0.2) is 66.9 Å². The molecule has 1 aromatic heterocycles. The second-order valence-corrected chi connectivity index (χ2v) is 10.2. The number of carboxylic acid groups (broad SMARTS) is 1. The van der Waals surface area contributed by atoms with Gasteiger partial charge in [-0.2, -0.15) is 0 Å². The molecular weight excluding hydrogens is 504 g/mol. The number of aromatic nitrogens is 1. The predicted molar refractivity (Wildman–Crippen MR) is 145 cm³/mol. The van der Waals surface area contributed by atoms with Gasteiger partial charge in [0.15, 0.2) is 6.61 Å². The molecule has 2 aromatic carbocycles. The number of unbranched alkanes of at least 4 members (excludes halogenated alkanes) is 1. The number of allylic oxidation sites excluding steroid dienone is 1. The summed E-state index contributed by atoms with van der Waals surface area (Å²) in [6.07, 6.45) is 7.25. The first-order valence-electron chi connectivity index (χ1n) is 12.9. The Hall–Kier alpha value is -3.39. The summed E-state index contributed by atoms with van der Waals surface area (Å²) in [4.78, 5) is 17.8. The molecule has 3 heterocycles. The van der Waals surface area contributed by atoms with Crippen LogP contribution in [0.1, 0.15) is 48.1 Å². The Balaban J connectivity index is 1.24. The molecule has 1 saturated heterocycles. The van der Waals surface area contributed by atoms with Crippen molar-refractivity contribution in [2.75, 3.05) is 26.2 Å². The fourth-order valence-electron chi connectivity index (χ4n) is 5.15. The number of benzene rings is 2. The number of rotatable bonds is 8. The van der Waals surface area contributed by atoms with Gasteiger partial charge < -0.3 is 24.6 Å². The Kier molecular flexibility index (Phi) is 7.98. The van der Waals surface area contributed by atoms with Crippen LogP contribution in [0.4, 0.5) is 0 Å². The minimum atomic E-state index is -1.03. The predicted octanol–water partition coefficient (Wildman–Crippen LogP) is 5.29. The summed E-state index contributed by atoms with van der Waals surface area (Å²) in [5.74, 6) is 0.0733. The molecule has 2 N–H and O–H groups in total. The van der Waals surface area contributed by atoms with Crippen LogP contribution in [0.3, 0.4) is 0 Å². The molecule has 1 fully saturated rings. The third-order valence-electron chi connectivity index (χ3n) is 7.24. The normalized spacial score (nSPS) is 17.7. The van der Waals surface area contributed by atoms with Gasteiger partial charge in [-0.1, -0.05) is 35.9 Å². The number of aliphatic carboxylic acids is 1. The average Bonchev–Trinajstić information content (AvgIpc) is 3.08. The van der Waals surface area contributed by atoms with Crippen LogP contribution in [0.5, 0.6) is 11.5 Å². The van der Waals surface area contributed by atoms with Crippen LogP contribution in [0.2, 0.25) is 5.02 Å². The smallest absolute Gasteiger partial charge is 0.341 e. The van der Waals surface area contributed by atoms with Crippen LogP contribution >= 0.6 is 11.6 Å². The van der Waals surface area contributed by atoms with Gasteiger partial charge in [-0.15, -0.1) is 0 Å². The van der Waals surface area contributed by atoms with Gasteiger partial charge in [0, 0.05) is 41.5 Å². The molecule has 7 nitrogen and oxygen atoms in total. The molecule has 198 valence electrons. The van der Waals surface area contributed by atoms with E-state index in [2.05, 4.69) is 22.0 Å². The lowest BCUT2D eigenvalue weighted by Gasteiger charge is -2.38. The van der Waals surface area contributed by atoms with Gasteiger partial charge in [0.1, 0.15) is 18.1 Å². The maximum Gasteiger partial charge on any atom is 0.341 e. The van der Waals surface area contributed by atoms with E-state index in [9.17, 15) is 9.90 Å². The van der Waals surface area contributed by atoms with Crippen molar-refractivity contribution in [2.45, 2.75) is 37.9 Å². The molecule has 0 spiro atoms. The second kappa shape index (κ2) is 11.6. The summed E-state index contributed by atoms with van der Waals surface area (Å²) >= 11 is 6.01. The Morgan fingerprint density at radius 3 is 2.68 bits per heavy atom. The number of carbonyl (C=O) groups is 1. The standard InChI is InChI=1S/C30H31ClN2O5/c31-22-8-6-21(7-9-22)30(36)12-16-33(17-13-30)15-2-1-4-24-25-5-3-14-32-27(25)19-38-28-18-23(10-11-26(24)28)37-20-29(34)35/h3-11,14,18,36H,1-2,12-13,15-17,19-20H2,(H,34,35)/b24-4+. The quantitative estimate of drug-likeness (QED) is 0.379. The number of hydrogen-bond donors (Lipinski definition) is 2. The fourth-order valence-corrected chi connectivity index (χ4v) is 5.27. The van der Waals surface area contributed by atoms with Gasteiger partial charge in [0.25, 0.3) is 0 Å². The van der Waals surface area contributed by atoms with E-state index < -0.39 is 18.2 Å². The highest BCUT2D eigenvalue weighted by molar-refractivity contribution is 6.30. The van der Waals surface area contributed by atoms with Crippen LogP contribution in [-0.4, -0.2) is 52.3 Å². The summed E-state index contributed by atoms with van der Waals surface area (Å²) in [7, 11) is 0. The van der Waals surface area contributed by atoms with Gasteiger partial charge in [0.2, 0.25) is 0 Å². The van der Waals surface area contributed by atoms with Crippen molar-refractivity contribution in [3.8, 4) is 11.5 Å². The fraction of sp³-hybridized carbons (Fsp3) is 0.333. The number of ether oxygens (including phenoxy) is 2. The molecule has 0 unspecified atom stereocenters. The van der Waals surface area contributed by atoms with Crippen molar-refractivity contribution in [1.82, 2.24) is 9.88 Å². The zero-order chi connectivity index (χ0) is 26.5. The number of likely N-dealkylation sites (tertiary alicyclic amines) is 1. The van der Waals surface area contributed by atoms with E-state index in [-0.39, 0.29) is 0 Å². The van der Waals surface area contributed by atoms with E-state index in [4.69, 9.17) is 26.2 Å². The highest BCUT2D eigenvalue weighted by atomic mass is 35.5. The number of piperidine rings is 1. The largest absolute Gasteiger partial charge is 0.486 e. The third kappa shape index (κ3) is 6.01. The van der Waals surface area contributed by atoms with Crippen LogP contribution < -0.4 is 9.47 Å². The van der Waals surface area contributed by atoms with Crippen molar-refractivity contribution < 1.29 is 24.5 Å². The highest BCUT2D eigenvalue weighted by Crippen LogP contribution is 2.39. The average molecular weight is 535 g/mol. The van der Waals surface area contributed by atoms with Crippen molar-refractivity contribution >= 4 is 23.1 Å². The van der Waals surface area contributed by atoms with Crippen LogP contribution in [0.25, 0.3) is 5.57 Å². The second-order valence-electron chi connectivity index (χ2n) is 9.77. The number of carboxylic acids is 1. The molecule has 2 aliphatic heterocycles. The van der Waals surface area contributed by atoms with Crippen LogP contribution in [-0.2, 0) is 17.0 Å². The molecular formula is C30H31ClN2O5. The summed E-state index contributed by atoms with van der Waals surface area (Å²) < 4.78 is 11.4. The van der Waals surface area contributed by atoms with E-state index in [1.54, 1.807) is 18.3 Å². The third-order valence-corrected chi connectivity index (χ3v) is 7.49. The first-order valence-corrected chi connectivity index (χ1v) is 13.3. The number of halogens is 1. The summed E-state index contributed by atoms with van der Waals surface area (Å²) in [5, 5.41) is 20.8. The minimum Gasteiger partial charge on any atom is -0.486 e. The Morgan fingerprint density at radius 1 is 1.13 bits per heavy atom. The van der Waals surface area contributed by atoms with Crippen molar-refractivity contribution in [3.63, 3.8) is 0 Å². The molecule has 5 rings (SSSR count). The minimum absolute atomic E-state index is 0.327. The lowest BCUT2D eigenvalue weighted by atomic mass is 9.84. The Labute approximate surface area is 227 Å². The number of hydrogen-bond acceptors (Lipinski definition) is 6. The summed E-state index contributed by atoms with van der Waals surface area (Å²) in [5.41, 5.74) is 4.03. The molecule has 0 aliphatic carbocycles. The zero-order valence-electron chi connectivity index (χ0n) is 21.1. The number of nitrogens with zero attached hydrogens (tertiary/aromatic N) is 2. The van der Waals surface area contributed by atoms with Crippen molar-refractivity contribution in [2.24, 2.45) is 0 Å². The van der Waals surface area contributed by atoms with Gasteiger partial charge in [0.05, 0.1) is 11.3 Å². The zero-order valence-corrected chi connectivity index (χ0v) is 21.9. The molecule has 38 heavy (non-hydrogen) atoms. The van der Waals surface area contributed by atoms with Gasteiger partial charge >= 0.3 is 5.97 Å². The van der Waals surface area contributed by atoms with Crippen molar-refractivity contribution in [1.29, 1.82) is 0 Å². The molecule has 2 aliphatic rings. The van der Waals surface area contributed by atoms with Crippen LogP contribution in [0, 0.1) is 0 Å². The maximum atomic E-state index is 11.2. The van der Waals surface area contributed by atoms with E-state index in [1.165, 1.54) is 0 Å². The summed E-state index contributed by atoms with van der Waals surface area (Å²) in [6.45, 7) is 2.56. The molecule has 0 amide bonds. The SMILES string of the molecule is O=C(O)COc1ccc2c(c1)OCc1ncccc1/C2=C\CCCN1CCC(O)(c2ccc(Cl)cc2)CC1. The van der Waals surface area contributed by atoms with Crippen molar-refractivity contribution in [3.05, 3.63) is 94.3 Å². The van der Waals surface area contributed by atoms with E-state index >= 15 is 0 Å². The molecule has 0 atom stereocenters. The molecule has 0 bridgehead atoms. The first-order chi connectivity index (χ1) is 18.4. The number of fused-ring (bicyclic) bond motifs is 2. The van der Waals surface area contributed by atoms with E-state index in [1.807, 2.05) is 36.4 Å². The van der Waals surface area contributed by atoms with Gasteiger partial charge in [-0.25, -0.2) is 4.79 Å². The lowest BCUT2D eigenvalue weighted by molar-refractivity contribution is -0.139. The summed E-state index contributed by atoms with van der Waals surface area (Å²) in [6, 6.07) is 16.9. The number of pyridine rings is 1. The number of aliphatic hydroxyl groups is 1. The Morgan fingerprint density at radius 2 is 1.92 bits per heavy atom. The van der Waals surface area contributed by atoms with E-state index in [0.717, 1.165) is 60.4 Å². The van der Waals surface area contributed by atoms with E-state index in [0.29, 0.717) is 36.0 Å². The molecule has 0 radical (unpaired) electrons. The molecule has 8 heteroatoms.